The van der Waals surface area contributed by atoms with Gasteiger partial charge in [-0.25, -0.2) is 9.18 Å². The summed E-state index contributed by atoms with van der Waals surface area (Å²) in [7, 11) is 2.13. The molecule has 0 rings (SSSR count). The first-order chi connectivity index (χ1) is 5.54. The van der Waals surface area contributed by atoms with E-state index in [2.05, 4.69) is 25.4 Å². The molecule has 70 valence electrons. The van der Waals surface area contributed by atoms with Crippen LogP contribution in [0.5, 0.6) is 0 Å². The minimum absolute atomic E-state index is 0.854. The van der Waals surface area contributed by atoms with Crippen molar-refractivity contribution in [2.24, 2.45) is 0 Å². The molecule has 0 aliphatic rings. The molecule has 0 aliphatic heterocycles. The first-order valence-corrected chi connectivity index (χ1v) is 3.90. The fraction of sp³-hybridized carbons (Fsp3) is 0.667. The van der Waals surface area contributed by atoms with Gasteiger partial charge in [-0.05, 0) is 0 Å². The molecule has 6 heteroatoms. The van der Waals surface area contributed by atoms with Crippen LogP contribution in [-0.4, -0.2) is 37.2 Å². The van der Waals surface area contributed by atoms with E-state index < -0.39 is 22.9 Å². The second-order valence-corrected chi connectivity index (χ2v) is 2.84. The molecule has 0 radical (unpaired) electrons. The number of methoxy groups -OCH3 is 2. The Kier molecular flexibility index (Phi) is 4.80. The number of rotatable bonds is 3. The lowest BCUT2D eigenvalue weighted by molar-refractivity contribution is -0.152. The van der Waals surface area contributed by atoms with Gasteiger partial charge in [-0.2, -0.15) is 0 Å². The van der Waals surface area contributed by atoms with Crippen molar-refractivity contribution < 1.29 is 23.5 Å². The van der Waals surface area contributed by atoms with E-state index in [9.17, 15) is 14.0 Å². The number of ether oxygens (including phenoxy) is 2. The second kappa shape index (κ2) is 5.08. The Morgan fingerprint density at radius 3 is 2.00 bits per heavy atom. The van der Waals surface area contributed by atoms with Gasteiger partial charge in [-0.1, -0.05) is 15.9 Å². The molecule has 0 aromatic heterocycles. The van der Waals surface area contributed by atoms with Crippen LogP contribution in [-0.2, 0) is 19.1 Å². The molecule has 2 atom stereocenters. The minimum atomic E-state index is -2.04. The minimum Gasteiger partial charge on any atom is -0.468 e. The zero-order chi connectivity index (χ0) is 9.72. The molecular weight excluding hydrogens is 235 g/mol. The van der Waals surface area contributed by atoms with Crippen molar-refractivity contribution >= 4 is 27.9 Å². The molecule has 0 saturated carbocycles. The van der Waals surface area contributed by atoms with Gasteiger partial charge in [0, 0.05) is 0 Å². The summed E-state index contributed by atoms with van der Waals surface area (Å²) in [6, 6.07) is 0. The van der Waals surface area contributed by atoms with Crippen LogP contribution in [0, 0.1) is 0 Å². The number of carbonyl (C=O) groups is 2. The molecule has 4 nitrogen and oxygen atoms in total. The van der Waals surface area contributed by atoms with Gasteiger partial charge in [0.1, 0.15) is 0 Å². The van der Waals surface area contributed by atoms with Crippen molar-refractivity contribution in [2.45, 2.75) is 11.0 Å². The van der Waals surface area contributed by atoms with Crippen molar-refractivity contribution in [3.05, 3.63) is 0 Å². The SMILES string of the molecule is COC(=O)[C@H](F)[C@@H](Br)C(=O)OC. The summed E-state index contributed by atoms with van der Waals surface area (Å²) in [5.74, 6) is -1.96. The van der Waals surface area contributed by atoms with Gasteiger partial charge in [0.15, 0.2) is 4.83 Å². The number of esters is 2. The van der Waals surface area contributed by atoms with Gasteiger partial charge in [0.2, 0.25) is 6.17 Å². The molecule has 0 saturated heterocycles. The van der Waals surface area contributed by atoms with E-state index in [4.69, 9.17) is 0 Å². The summed E-state index contributed by atoms with van der Waals surface area (Å²) in [6.07, 6.45) is -2.04. The van der Waals surface area contributed by atoms with Crippen LogP contribution >= 0.6 is 15.9 Å². The predicted octanol–water partition coefficient (Wildman–Crippen LogP) is 0.434. The summed E-state index contributed by atoms with van der Waals surface area (Å²) < 4.78 is 21.1. The summed E-state index contributed by atoms with van der Waals surface area (Å²) >= 11 is 2.66. The lowest BCUT2D eigenvalue weighted by Crippen LogP contribution is -2.33. The Balaban J connectivity index is 4.18. The van der Waals surface area contributed by atoms with Gasteiger partial charge < -0.3 is 9.47 Å². The highest BCUT2D eigenvalue weighted by atomic mass is 79.9. The van der Waals surface area contributed by atoms with E-state index in [1.165, 1.54) is 0 Å². The fourth-order valence-corrected chi connectivity index (χ4v) is 0.867. The maximum Gasteiger partial charge on any atom is 0.342 e. The molecule has 0 heterocycles. The van der Waals surface area contributed by atoms with Crippen LogP contribution in [0.1, 0.15) is 0 Å². The average Bonchev–Trinajstić information content (AvgIpc) is 2.12. The summed E-state index contributed by atoms with van der Waals surface area (Å²) in [5.41, 5.74) is 0. The number of alkyl halides is 2. The third-order valence-electron chi connectivity index (χ3n) is 1.11. The quantitative estimate of drug-likeness (QED) is 0.533. The molecule has 0 aromatic carbocycles. The predicted molar refractivity (Wildman–Crippen MR) is 41.6 cm³/mol. The third kappa shape index (κ3) is 2.77. The van der Waals surface area contributed by atoms with Crippen molar-refractivity contribution in [1.82, 2.24) is 0 Å². The lowest BCUT2D eigenvalue weighted by atomic mass is 10.3. The van der Waals surface area contributed by atoms with E-state index in [1.54, 1.807) is 0 Å². The van der Waals surface area contributed by atoms with Crippen LogP contribution in [0.25, 0.3) is 0 Å². The molecule has 12 heavy (non-hydrogen) atoms. The van der Waals surface area contributed by atoms with E-state index in [0.29, 0.717) is 0 Å². The van der Waals surface area contributed by atoms with E-state index in [0.717, 1.165) is 14.2 Å². The zero-order valence-corrected chi connectivity index (χ0v) is 8.13. The Labute approximate surface area is 77.1 Å². The van der Waals surface area contributed by atoms with E-state index in [1.807, 2.05) is 0 Å². The number of halogens is 2. The maximum absolute atomic E-state index is 12.8. The number of carbonyl (C=O) groups excluding carboxylic acids is 2. The fourth-order valence-electron chi connectivity index (χ4n) is 0.464. The van der Waals surface area contributed by atoms with Crippen LogP contribution in [0.15, 0.2) is 0 Å². The standard InChI is InChI=1S/C6H8BrFO4/c1-11-5(9)3(7)4(8)6(10)12-2/h3-4H,1-2H3/t3-,4-/m1/s1. The molecule has 0 unspecified atom stereocenters. The Bertz CT molecular complexity index is 164. The van der Waals surface area contributed by atoms with Crippen molar-refractivity contribution in [3.63, 3.8) is 0 Å². The van der Waals surface area contributed by atoms with Gasteiger partial charge in [-0.15, -0.1) is 0 Å². The molecule has 0 spiro atoms. The zero-order valence-electron chi connectivity index (χ0n) is 6.54. The molecule has 0 bridgehead atoms. The summed E-state index contributed by atoms with van der Waals surface area (Å²) in [6.45, 7) is 0. The number of hydrogen-bond donors (Lipinski definition) is 0. The Hall–Kier alpha value is -0.650. The molecule has 0 aromatic rings. The van der Waals surface area contributed by atoms with Crippen molar-refractivity contribution in [1.29, 1.82) is 0 Å². The monoisotopic (exact) mass is 242 g/mol. The van der Waals surface area contributed by atoms with Gasteiger partial charge in [-0.3, -0.25) is 4.79 Å². The Morgan fingerprint density at radius 2 is 1.67 bits per heavy atom. The Morgan fingerprint density at radius 1 is 1.25 bits per heavy atom. The van der Waals surface area contributed by atoms with Crippen molar-refractivity contribution in [3.8, 4) is 0 Å². The first-order valence-electron chi connectivity index (χ1n) is 2.98. The molecule has 0 amide bonds. The van der Waals surface area contributed by atoms with Crippen LogP contribution in [0.2, 0.25) is 0 Å². The van der Waals surface area contributed by atoms with Gasteiger partial charge in [0.05, 0.1) is 14.2 Å². The largest absolute Gasteiger partial charge is 0.468 e. The molecule has 0 aliphatic carbocycles. The highest BCUT2D eigenvalue weighted by Gasteiger charge is 2.33. The highest BCUT2D eigenvalue weighted by molar-refractivity contribution is 9.10. The first kappa shape index (κ1) is 11.4. The van der Waals surface area contributed by atoms with Gasteiger partial charge >= 0.3 is 11.9 Å². The number of hydrogen-bond acceptors (Lipinski definition) is 4. The molecular formula is C6H8BrFO4. The second-order valence-electron chi connectivity index (χ2n) is 1.85. The average molecular weight is 243 g/mol. The topological polar surface area (TPSA) is 52.6 Å². The normalized spacial score (nSPS) is 14.7. The maximum atomic E-state index is 12.8. The van der Waals surface area contributed by atoms with E-state index >= 15 is 0 Å². The third-order valence-corrected chi connectivity index (χ3v) is 1.95. The van der Waals surface area contributed by atoms with Crippen LogP contribution < -0.4 is 0 Å². The summed E-state index contributed by atoms with van der Waals surface area (Å²) in [5, 5.41) is 0. The summed E-state index contributed by atoms with van der Waals surface area (Å²) in [4.78, 5) is 19.9. The molecule has 0 fully saturated rings. The highest BCUT2D eigenvalue weighted by Crippen LogP contribution is 2.12. The smallest absolute Gasteiger partial charge is 0.342 e. The van der Waals surface area contributed by atoms with Crippen LogP contribution in [0.4, 0.5) is 4.39 Å². The van der Waals surface area contributed by atoms with Crippen LogP contribution in [0.3, 0.4) is 0 Å². The van der Waals surface area contributed by atoms with Gasteiger partial charge in [0.25, 0.3) is 0 Å². The lowest BCUT2D eigenvalue weighted by Gasteiger charge is -2.10. The van der Waals surface area contributed by atoms with E-state index in [-0.39, 0.29) is 0 Å². The van der Waals surface area contributed by atoms with Crippen molar-refractivity contribution in [2.75, 3.05) is 14.2 Å². The molecule has 0 N–H and O–H groups in total.